The number of para-hydroxylation sites is 1. The lowest BCUT2D eigenvalue weighted by Crippen LogP contribution is -2.35. The maximum Gasteiger partial charge on any atom is 0.328 e. The number of anilines is 2. The number of ketones is 1. The maximum absolute atomic E-state index is 13.2. The minimum Gasteiger partial charge on any atom is -0.492 e. The second-order valence-corrected chi connectivity index (χ2v) is 11.0. The first-order valence-electron chi connectivity index (χ1n) is 14.2. The molecule has 4 rings (SSSR count). The van der Waals surface area contributed by atoms with E-state index in [2.05, 4.69) is 11.9 Å². The molecule has 4 aromatic carbocycles. The fourth-order valence-electron chi connectivity index (χ4n) is 4.64. The van der Waals surface area contributed by atoms with Crippen LogP contribution < -0.4 is 15.0 Å². The predicted octanol–water partition coefficient (Wildman–Crippen LogP) is 6.82. The summed E-state index contributed by atoms with van der Waals surface area (Å²) in [6, 6.07) is 30.6. The van der Waals surface area contributed by atoms with Crippen LogP contribution in [0.15, 0.2) is 120 Å². The van der Waals surface area contributed by atoms with Crippen molar-refractivity contribution in [1.82, 2.24) is 0 Å². The number of rotatable bonds is 14. The first-order valence-corrected chi connectivity index (χ1v) is 15.4. The van der Waals surface area contributed by atoms with Crippen molar-refractivity contribution >= 4 is 40.8 Å². The molecule has 1 unspecified atom stereocenters. The molecule has 44 heavy (non-hydrogen) atoms. The van der Waals surface area contributed by atoms with Gasteiger partial charge in [-0.25, -0.2) is 4.79 Å². The van der Waals surface area contributed by atoms with E-state index in [4.69, 9.17) is 9.47 Å². The molecule has 1 N–H and O–H groups in total. The van der Waals surface area contributed by atoms with Crippen LogP contribution in [0.25, 0.3) is 0 Å². The third-order valence-corrected chi connectivity index (χ3v) is 7.67. The number of carbonyl (C=O) groups excluding carboxylic acids is 3. The first kappa shape index (κ1) is 32.1. The summed E-state index contributed by atoms with van der Waals surface area (Å²) in [4.78, 5) is 41.6. The van der Waals surface area contributed by atoms with Gasteiger partial charge in [-0.2, -0.15) is 0 Å². The van der Waals surface area contributed by atoms with E-state index in [-0.39, 0.29) is 18.3 Å². The smallest absolute Gasteiger partial charge is 0.328 e. The van der Waals surface area contributed by atoms with E-state index in [1.165, 1.54) is 7.11 Å². The molecule has 4 aromatic rings. The second kappa shape index (κ2) is 15.6. The average molecular weight is 609 g/mol. The Bertz CT molecular complexity index is 1600. The van der Waals surface area contributed by atoms with Gasteiger partial charge in [-0.05, 0) is 61.2 Å². The van der Waals surface area contributed by atoms with Crippen molar-refractivity contribution in [2.24, 2.45) is 0 Å². The molecule has 0 spiro atoms. The summed E-state index contributed by atoms with van der Waals surface area (Å²) < 4.78 is 11.1. The van der Waals surface area contributed by atoms with Gasteiger partial charge in [0.25, 0.3) is 5.91 Å². The van der Waals surface area contributed by atoms with E-state index < -0.39 is 12.0 Å². The summed E-state index contributed by atoms with van der Waals surface area (Å²) in [5, 5.41) is 3.23. The van der Waals surface area contributed by atoms with E-state index in [0.29, 0.717) is 41.1 Å². The summed E-state index contributed by atoms with van der Waals surface area (Å²) in [5.41, 5.74) is 3.69. The van der Waals surface area contributed by atoms with E-state index in [1.54, 1.807) is 53.9 Å². The van der Waals surface area contributed by atoms with Crippen molar-refractivity contribution < 1.29 is 23.9 Å². The average Bonchev–Trinajstić information content (AvgIpc) is 3.06. The lowest BCUT2D eigenvalue weighted by Gasteiger charge is -2.23. The van der Waals surface area contributed by atoms with Gasteiger partial charge in [-0.15, -0.1) is 11.8 Å². The van der Waals surface area contributed by atoms with Gasteiger partial charge in [0.2, 0.25) is 0 Å². The molecule has 1 amide bonds. The number of carbonyl (C=O) groups is 3. The molecule has 0 fully saturated rings. The Labute approximate surface area is 262 Å². The predicted molar refractivity (Wildman–Crippen MR) is 177 cm³/mol. The van der Waals surface area contributed by atoms with E-state index >= 15 is 0 Å². The van der Waals surface area contributed by atoms with Gasteiger partial charge in [-0.3, -0.25) is 9.59 Å². The Kier molecular flexibility index (Phi) is 11.4. The SMILES string of the molecule is C=C(C)C(=O)N(CCOc1ccc(CC(Nc2ccccc2C(=O)c2ccccc2)C(=O)OC)cc1)c1cccc(SC)c1. The molecule has 0 radical (unpaired) electrons. The lowest BCUT2D eigenvalue weighted by molar-refractivity contribution is -0.141. The number of esters is 1. The molecule has 0 saturated carbocycles. The third kappa shape index (κ3) is 8.39. The number of nitrogens with zero attached hydrogens (tertiary/aromatic N) is 1. The van der Waals surface area contributed by atoms with Crippen LogP contribution in [0.3, 0.4) is 0 Å². The highest BCUT2D eigenvalue weighted by molar-refractivity contribution is 7.98. The van der Waals surface area contributed by atoms with Crippen LogP contribution in [0, 0.1) is 0 Å². The Morgan fingerprint density at radius 2 is 1.61 bits per heavy atom. The molecule has 0 aromatic heterocycles. The topological polar surface area (TPSA) is 84.9 Å². The zero-order valence-electron chi connectivity index (χ0n) is 25.1. The molecular weight excluding hydrogens is 572 g/mol. The van der Waals surface area contributed by atoms with Crippen molar-refractivity contribution in [3.05, 3.63) is 132 Å². The van der Waals surface area contributed by atoms with Crippen LogP contribution in [0.4, 0.5) is 11.4 Å². The highest BCUT2D eigenvalue weighted by Crippen LogP contribution is 2.24. The minimum absolute atomic E-state index is 0.140. The zero-order chi connectivity index (χ0) is 31.5. The highest BCUT2D eigenvalue weighted by Gasteiger charge is 2.23. The molecule has 1 atom stereocenters. The Morgan fingerprint density at radius 1 is 0.909 bits per heavy atom. The largest absolute Gasteiger partial charge is 0.492 e. The van der Waals surface area contributed by atoms with Crippen molar-refractivity contribution in [3.63, 3.8) is 0 Å². The summed E-state index contributed by atoms with van der Waals surface area (Å²) in [6.07, 6.45) is 2.32. The number of ether oxygens (including phenoxy) is 2. The third-order valence-electron chi connectivity index (χ3n) is 6.95. The molecule has 0 aliphatic carbocycles. The van der Waals surface area contributed by atoms with Gasteiger partial charge in [0, 0.05) is 39.4 Å². The zero-order valence-corrected chi connectivity index (χ0v) is 25.9. The number of thioether (sulfide) groups is 1. The Balaban J connectivity index is 1.42. The van der Waals surface area contributed by atoms with Crippen LogP contribution in [-0.4, -0.2) is 50.2 Å². The molecule has 226 valence electrons. The van der Waals surface area contributed by atoms with E-state index in [0.717, 1.165) is 16.1 Å². The minimum atomic E-state index is -0.727. The first-order chi connectivity index (χ1) is 21.3. The van der Waals surface area contributed by atoms with Crippen molar-refractivity contribution in [2.45, 2.75) is 24.3 Å². The van der Waals surface area contributed by atoms with Crippen LogP contribution in [0.5, 0.6) is 5.75 Å². The van der Waals surface area contributed by atoms with Crippen molar-refractivity contribution in [1.29, 1.82) is 0 Å². The van der Waals surface area contributed by atoms with E-state index in [9.17, 15) is 14.4 Å². The van der Waals surface area contributed by atoms with Crippen LogP contribution >= 0.6 is 11.8 Å². The quantitative estimate of drug-likeness (QED) is 0.0728. The monoisotopic (exact) mass is 608 g/mol. The lowest BCUT2D eigenvalue weighted by atomic mass is 10.00. The van der Waals surface area contributed by atoms with Gasteiger partial charge in [0.15, 0.2) is 5.78 Å². The molecule has 0 heterocycles. The van der Waals surface area contributed by atoms with Gasteiger partial charge in [-0.1, -0.05) is 67.2 Å². The summed E-state index contributed by atoms with van der Waals surface area (Å²) >= 11 is 1.61. The number of hydrogen-bond donors (Lipinski definition) is 1. The van der Waals surface area contributed by atoms with Gasteiger partial charge in [0.1, 0.15) is 18.4 Å². The fourth-order valence-corrected chi connectivity index (χ4v) is 5.10. The normalized spacial score (nSPS) is 11.2. The highest BCUT2D eigenvalue weighted by atomic mass is 32.2. The molecule has 0 bridgehead atoms. The molecule has 8 heteroatoms. The number of hydrogen-bond acceptors (Lipinski definition) is 7. The van der Waals surface area contributed by atoms with Crippen molar-refractivity contribution in [2.75, 3.05) is 36.7 Å². The Hall–Kier alpha value is -4.82. The van der Waals surface area contributed by atoms with Crippen LogP contribution in [0.2, 0.25) is 0 Å². The van der Waals surface area contributed by atoms with E-state index in [1.807, 2.05) is 79.1 Å². The van der Waals surface area contributed by atoms with Crippen molar-refractivity contribution in [3.8, 4) is 5.75 Å². The number of benzene rings is 4. The summed E-state index contributed by atoms with van der Waals surface area (Å²) in [6.45, 7) is 6.15. The summed E-state index contributed by atoms with van der Waals surface area (Å²) in [5.74, 6) is -0.106. The molecule has 0 aliphatic rings. The molecular formula is C36H36N2O5S. The Morgan fingerprint density at radius 3 is 2.30 bits per heavy atom. The second-order valence-electron chi connectivity index (χ2n) is 10.1. The fraction of sp³-hybridized carbons (Fsp3) is 0.194. The number of methoxy groups -OCH3 is 1. The van der Waals surface area contributed by atoms with Gasteiger partial charge >= 0.3 is 5.97 Å². The molecule has 7 nitrogen and oxygen atoms in total. The maximum atomic E-state index is 13.2. The van der Waals surface area contributed by atoms with Gasteiger partial charge in [0.05, 0.1) is 13.7 Å². The number of nitrogens with one attached hydrogen (secondary N) is 1. The standard InChI is InChI=1S/C36H36N2O5S/c1-25(2)35(40)38(28-13-10-14-30(24-28)44-4)21-22-43-29-19-17-26(18-20-29)23-33(36(41)42-3)37-32-16-9-8-15-31(32)34(39)27-11-6-5-7-12-27/h5-20,24,33,37H,1,21-23H2,2-4H3. The molecule has 0 saturated heterocycles. The van der Waals surface area contributed by atoms with Crippen LogP contribution in [0.1, 0.15) is 28.4 Å². The van der Waals surface area contributed by atoms with Crippen LogP contribution in [-0.2, 0) is 20.7 Å². The number of amides is 1. The summed E-state index contributed by atoms with van der Waals surface area (Å²) in [7, 11) is 1.34. The van der Waals surface area contributed by atoms with Gasteiger partial charge < -0.3 is 19.7 Å². The molecule has 0 aliphatic heterocycles.